The number of hydrogen-bond donors (Lipinski definition) is 3. The minimum absolute atomic E-state index is 0.00113. The fraction of sp³-hybridized carbons (Fsp3) is 0.406. The molecule has 1 heterocycles. The molecule has 3 aromatic rings. The Hall–Kier alpha value is -3.19. The summed E-state index contributed by atoms with van der Waals surface area (Å²) in [5, 5.41) is 33.1. The van der Waals surface area contributed by atoms with Crippen molar-refractivity contribution in [1.29, 1.82) is 0 Å². The number of esters is 1. The first-order chi connectivity index (χ1) is 18.4. The Labute approximate surface area is 225 Å². The third kappa shape index (κ3) is 6.62. The van der Waals surface area contributed by atoms with E-state index >= 15 is 0 Å². The van der Waals surface area contributed by atoms with Crippen LogP contribution in [-0.4, -0.2) is 52.4 Å². The van der Waals surface area contributed by atoms with Crippen LogP contribution in [0.3, 0.4) is 0 Å². The molecule has 6 nitrogen and oxygen atoms in total. The first-order valence-corrected chi connectivity index (χ1v) is 13.6. The maximum atomic E-state index is 12.1. The monoisotopic (exact) mass is 517 g/mol. The highest BCUT2D eigenvalue weighted by Crippen LogP contribution is 2.42. The van der Waals surface area contributed by atoms with Gasteiger partial charge in [0.2, 0.25) is 0 Å². The highest BCUT2D eigenvalue weighted by molar-refractivity contribution is 5.72. The van der Waals surface area contributed by atoms with Crippen LogP contribution in [0.5, 0.6) is 5.75 Å². The molecule has 0 amide bonds. The van der Waals surface area contributed by atoms with E-state index in [2.05, 4.69) is 4.90 Å². The highest BCUT2D eigenvalue weighted by atomic mass is 16.5. The standard InChI is InChI=1S/C32H39NO5/c1-2-38-31(36)23-24-15-16-28(30(35)22-24)29(34)14-9-19-33-20-17-27(18-21-33)32(37,25-10-5-3-6-11-25)26-12-7-4-8-13-26/h3-8,10-13,15-16,22,27,29,34-35,37H,2,9,14,17-21,23H2,1H3. The summed E-state index contributed by atoms with van der Waals surface area (Å²) in [5.41, 5.74) is 1.97. The zero-order valence-corrected chi connectivity index (χ0v) is 22.1. The molecule has 0 saturated carbocycles. The van der Waals surface area contributed by atoms with Crippen molar-refractivity contribution in [2.24, 2.45) is 5.92 Å². The third-order valence-electron chi connectivity index (χ3n) is 7.67. The number of ether oxygens (including phenoxy) is 1. The molecule has 1 atom stereocenters. The Morgan fingerprint density at radius 1 is 1.00 bits per heavy atom. The second-order valence-corrected chi connectivity index (χ2v) is 10.1. The third-order valence-corrected chi connectivity index (χ3v) is 7.67. The molecule has 4 rings (SSSR count). The summed E-state index contributed by atoms with van der Waals surface area (Å²) in [6, 6.07) is 24.9. The van der Waals surface area contributed by atoms with E-state index in [1.54, 1.807) is 19.1 Å². The second kappa shape index (κ2) is 13.1. The molecule has 1 fully saturated rings. The molecule has 0 spiro atoms. The number of aromatic hydroxyl groups is 1. The second-order valence-electron chi connectivity index (χ2n) is 10.1. The van der Waals surface area contributed by atoms with Crippen LogP contribution in [0.4, 0.5) is 0 Å². The molecule has 6 heteroatoms. The zero-order valence-electron chi connectivity index (χ0n) is 22.1. The first-order valence-electron chi connectivity index (χ1n) is 13.6. The van der Waals surface area contributed by atoms with Gasteiger partial charge in [0, 0.05) is 5.56 Å². The van der Waals surface area contributed by atoms with Gasteiger partial charge >= 0.3 is 5.97 Å². The molecular formula is C32H39NO5. The number of hydrogen-bond acceptors (Lipinski definition) is 6. The van der Waals surface area contributed by atoms with Crippen LogP contribution in [-0.2, 0) is 21.6 Å². The normalized spacial score (nSPS) is 15.8. The van der Waals surface area contributed by atoms with Gasteiger partial charge in [-0.3, -0.25) is 4.79 Å². The summed E-state index contributed by atoms with van der Waals surface area (Å²) in [4.78, 5) is 14.1. The molecule has 0 aromatic heterocycles. The van der Waals surface area contributed by atoms with Gasteiger partial charge in [-0.1, -0.05) is 72.8 Å². The van der Waals surface area contributed by atoms with Crippen LogP contribution >= 0.6 is 0 Å². The van der Waals surface area contributed by atoms with Crippen molar-refractivity contribution >= 4 is 5.97 Å². The molecule has 3 N–H and O–H groups in total. The van der Waals surface area contributed by atoms with Gasteiger partial charge in [0.25, 0.3) is 0 Å². The van der Waals surface area contributed by atoms with Crippen LogP contribution in [0.2, 0.25) is 0 Å². The lowest BCUT2D eigenvalue weighted by Gasteiger charge is -2.42. The lowest BCUT2D eigenvalue weighted by atomic mass is 9.72. The van der Waals surface area contributed by atoms with E-state index in [1.165, 1.54) is 6.07 Å². The van der Waals surface area contributed by atoms with Crippen LogP contribution in [0.25, 0.3) is 0 Å². The van der Waals surface area contributed by atoms with Crippen LogP contribution in [0.15, 0.2) is 78.9 Å². The highest BCUT2D eigenvalue weighted by Gasteiger charge is 2.41. The molecule has 202 valence electrons. The Morgan fingerprint density at radius 2 is 1.61 bits per heavy atom. The van der Waals surface area contributed by atoms with Crippen molar-refractivity contribution in [3.63, 3.8) is 0 Å². The van der Waals surface area contributed by atoms with E-state index in [4.69, 9.17) is 4.74 Å². The van der Waals surface area contributed by atoms with Crippen LogP contribution < -0.4 is 0 Å². The van der Waals surface area contributed by atoms with Gasteiger partial charge < -0.3 is 25.0 Å². The fourth-order valence-corrected chi connectivity index (χ4v) is 5.62. The SMILES string of the molecule is CCOC(=O)Cc1ccc(C(O)CCCN2CCC(C(O)(c3ccccc3)c3ccccc3)CC2)c(O)c1. The summed E-state index contributed by atoms with van der Waals surface area (Å²) in [6.45, 7) is 4.69. The average molecular weight is 518 g/mol. The predicted octanol–water partition coefficient (Wildman–Crippen LogP) is 4.96. The lowest BCUT2D eigenvalue weighted by molar-refractivity contribution is -0.142. The van der Waals surface area contributed by atoms with Gasteiger partial charge in [-0.25, -0.2) is 0 Å². The van der Waals surface area contributed by atoms with E-state index in [0.29, 0.717) is 24.2 Å². The maximum Gasteiger partial charge on any atom is 0.310 e. The van der Waals surface area contributed by atoms with E-state index in [-0.39, 0.29) is 24.1 Å². The number of likely N-dealkylation sites (tertiary alicyclic amines) is 1. The molecule has 38 heavy (non-hydrogen) atoms. The number of phenolic OH excluding ortho intramolecular Hbond substituents is 1. The van der Waals surface area contributed by atoms with E-state index in [0.717, 1.165) is 50.0 Å². The van der Waals surface area contributed by atoms with Gasteiger partial charge in [0.1, 0.15) is 11.4 Å². The number of aliphatic hydroxyl groups excluding tert-OH is 1. The topological polar surface area (TPSA) is 90.2 Å². The molecule has 3 aromatic carbocycles. The molecule has 0 aliphatic carbocycles. The van der Waals surface area contributed by atoms with Crippen molar-refractivity contribution in [2.45, 2.75) is 50.7 Å². The van der Waals surface area contributed by atoms with Gasteiger partial charge in [-0.15, -0.1) is 0 Å². The molecule has 0 radical (unpaired) electrons. The molecule has 1 unspecified atom stereocenters. The largest absolute Gasteiger partial charge is 0.508 e. The van der Waals surface area contributed by atoms with Crippen LogP contribution in [0.1, 0.15) is 61.0 Å². The van der Waals surface area contributed by atoms with Crippen LogP contribution in [0, 0.1) is 5.92 Å². The number of carbonyl (C=O) groups is 1. The predicted molar refractivity (Wildman–Crippen MR) is 148 cm³/mol. The average Bonchev–Trinajstić information content (AvgIpc) is 2.94. The van der Waals surface area contributed by atoms with Gasteiger partial charge in [0.05, 0.1) is 19.1 Å². The maximum absolute atomic E-state index is 12.1. The number of benzene rings is 3. The number of aliphatic hydroxyl groups is 2. The number of carbonyl (C=O) groups excluding carboxylic acids is 1. The first kappa shape index (κ1) is 27.8. The zero-order chi connectivity index (χ0) is 27.0. The van der Waals surface area contributed by atoms with Crippen molar-refractivity contribution in [2.75, 3.05) is 26.2 Å². The molecular weight excluding hydrogens is 478 g/mol. The van der Waals surface area contributed by atoms with E-state index in [9.17, 15) is 20.1 Å². The Bertz CT molecular complexity index is 1120. The minimum atomic E-state index is -1.03. The number of phenols is 1. The van der Waals surface area contributed by atoms with Gasteiger partial charge in [-0.2, -0.15) is 0 Å². The summed E-state index contributed by atoms with van der Waals surface area (Å²) in [7, 11) is 0. The summed E-state index contributed by atoms with van der Waals surface area (Å²) in [5.74, 6) is -0.227. The van der Waals surface area contributed by atoms with Gasteiger partial charge in [0.15, 0.2) is 0 Å². The molecule has 1 aliphatic heterocycles. The molecule has 1 aliphatic rings. The number of piperidine rings is 1. The van der Waals surface area contributed by atoms with Crippen molar-refractivity contribution in [3.8, 4) is 5.75 Å². The smallest absolute Gasteiger partial charge is 0.310 e. The van der Waals surface area contributed by atoms with E-state index < -0.39 is 11.7 Å². The Morgan fingerprint density at radius 3 is 2.16 bits per heavy atom. The molecule has 0 bridgehead atoms. The van der Waals surface area contributed by atoms with Crippen molar-refractivity contribution in [3.05, 3.63) is 101 Å². The number of rotatable bonds is 11. The van der Waals surface area contributed by atoms with Crippen molar-refractivity contribution in [1.82, 2.24) is 4.90 Å². The number of nitrogens with zero attached hydrogens (tertiary/aromatic N) is 1. The van der Waals surface area contributed by atoms with Gasteiger partial charge in [-0.05, 0) is 80.9 Å². The van der Waals surface area contributed by atoms with Crippen molar-refractivity contribution < 1.29 is 24.9 Å². The molecule has 1 saturated heterocycles. The Kier molecular flexibility index (Phi) is 9.56. The summed E-state index contributed by atoms with van der Waals surface area (Å²) in [6.07, 6.45) is 2.40. The lowest BCUT2D eigenvalue weighted by Crippen LogP contribution is -2.44. The summed E-state index contributed by atoms with van der Waals surface area (Å²) < 4.78 is 4.96. The minimum Gasteiger partial charge on any atom is -0.508 e. The summed E-state index contributed by atoms with van der Waals surface area (Å²) >= 11 is 0. The van der Waals surface area contributed by atoms with E-state index in [1.807, 2.05) is 60.7 Å². The Balaban J connectivity index is 1.30. The fourth-order valence-electron chi connectivity index (χ4n) is 5.62. The quantitative estimate of drug-likeness (QED) is 0.312.